The van der Waals surface area contributed by atoms with E-state index in [4.69, 9.17) is 5.73 Å². The minimum atomic E-state index is -0.438. The lowest BCUT2D eigenvalue weighted by Crippen LogP contribution is -2.28. The number of thioether (sulfide) groups is 1. The Morgan fingerprint density at radius 2 is 2.15 bits per heavy atom. The van der Waals surface area contributed by atoms with Crippen molar-refractivity contribution in [3.63, 3.8) is 0 Å². The highest BCUT2D eigenvalue weighted by Crippen LogP contribution is 2.36. The van der Waals surface area contributed by atoms with Crippen LogP contribution in [0.15, 0.2) is 46.5 Å². The molecule has 9 heteroatoms. The molecule has 2 heterocycles. The molecule has 3 rings (SSSR count). The molecule has 6 N–H and O–H groups in total. The summed E-state index contributed by atoms with van der Waals surface area (Å²) < 4.78 is 0. The Morgan fingerprint density at radius 1 is 1.35 bits per heavy atom. The van der Waals surface area contributed by atoms with E-state index in [2.05, 4.69) is 15.0 Å². The maximum Gasteiger partial charge on any atom is 0.180 e. The van der Waals surface area contributed by atoms with Gasteiger partial charge in [0, 0.05) is 11.8 Å². The number of nitrogens with one attached hydrogen (secondary N) is 1. The van der Waals surface area contributed by atoms with Gasteiger partial charge in [0.15, 0.2) is 11.0 Å². The SMILES string of the molecule is CC1(c2cccc(N=C(NO)c3ncc(O)cc3O)c2)CCSC(N)=N1. The van der Waals surface area contributed by atoms with Gasteiger partial charge in [-0.05, 0) is 31.0 Å². The second kappa shape index (κ2) is 7.22. The van der Waals surface area contributed by atoms with Crippen molar-refractivity contribution in [2.75, 3.05) is 5.75 Å². The predicted molar refractivity (Wildman–Crippen MR) is 101 cm³/mol. The molecule has 0 radical (unpaired) electrons. The zero-order chi connectivity index (χ0) is 18.7. The van der Waals surface area contributed by atoms with Crippen molar-refractivity contribution >= 4 is 28.5 Å². The van der Waals surface area contributed by atoms with Crippen LogP contribution in [0.2, 0.25) is 0 Å². The molecular formula is C17H19N5O3S. The van der Waals surface area contributed by atoms with Crippen LogP contribution in [-0.4, -0.2) is 37.2 Å². The summed E-state index contributed by atoms with van der Waals surface area (Å²) >= 11 is 1.53. The van der Waals surface area contributed by atoms with E-state index in [-0.39, 0.29) is 23.0 Å². The Bertz CT molecular complexity index is 886. The number of aromatic hydroxyl groups is 2. The molecule has 1 aromatic heterocycles. The first-order valence-electron chi connectivity index (χ1n) is 7.87. The minimum absolute atomic E-state index is 0.0123. The van der Waals surface area contributed by atoms with Gasteiger partial charge in [-0.25, -0.2) is 9.98 Å². The summed E-state index contributed by atoms with van der Waals surface area (Å²) in [5, 5.41) is 29.2. The van der Waals surface area contributed by atoms with Gasteiger partial charge >= 0.3 is 0 Å². The molecule has 0 amide bonds. The van der Waals surface area contributed by atoms with Crippen LogP contribution in [-0.2, 0) is 5.54 Å². The average Bonchev–Trinajstić information content (AvgIpc) is 2.60. The molecule has 0 fully saturated rings. The third kappa shape index (κ3) is 3.73. The van der Waals surface area contributed by atoms with Crippen molar-refractivity contribution in [1.82, 2.24) is 10.5 Å². The molecule has 0 bridgehead atoms. The molecule has 1 aromatic carbocycles. The maximum atomic E-state index is 9.91. The number of hydrogen-bond acceptors (Lipinski definition) is 8. The second-order valence-corrected chi connectivity index (χ2v) is 7.12. The molecule has 1 aliphatic rings. The van der Waals surface area contributed by atoms with Crippen LogP contribution in [0.4, 0.5) is 5.69 Å². The number of benzene rings is 1. The summed E-state index contributed by atoms with van der Waals surface area (Å²) in [6.07, 6.45) is 1.99. The zero-order valence-electron chi connectivity index (χ0n) is 14.0. The number of hydroxylamine groups is 1. The van der Waals surface area contributed by atoms with Gasteiger partial charge in [-0.2, -0.15) is 0 Å². The monoisotopic (exact) mass is 373 g/mol. The van der Waals surface area contributed by atoms with Crippen molar-refractivity contribution in [1.29, 1.82) is 0 Å². The van der Waals surface area contributed by atoms with Gasteiger partial charge in [-0.15, -0.1) is 0 Å². The van der Waals surface area contributed by atoms with Gasteiger partial charge in [0.25, 0.3) is 0 Å². The number of aliphatic imine (C=N–C) groups is 2. The van der Waals surface area contributed by atoms with Gasteiger partial charge in [-0.3, -0.25) is 15.7 Å². The first kappa shape index (κ1) is 18.0. The number of pyridine rings is 1. The first-order chi connectivity index (χ1) is 12.4. The molecule has 0 saturated heterocycles. The first-order valence-corrected chi connectivity index (χ1v) is 8.86. The lowest BCUT2D eigenvalue weighted by Gasteiger charge is -2.29. The molecule has 0 spiro atoms. The molecule has 1 aliphatic heterocycles. The lowest BCUT2D eigenvalue weighted by atomic mass is 9.89. The summed E-state index contributed by atoms with van der Waals surface area (Å²) in [5.74, 6) is 0.333. The molecule has 2 aromatic rings. The van der Waals surface area contributed by atoms with E-state index < -0.39 is 5.54 Å². The Morgan fingerprint density at radius 3 is 2.85 bits per heavy atom. The third-order valence-corrected chi connectivity index (χ3v) is 4.88. The van der Waals surface area contributed by atoms with Crippen LogP contribution in [0.1, 0.15) is 24.6 Å². The van der Waals surface area contributed by atoms with E-state index in [1.54, 1.807) is 6.07 Å². The van der Waals surface area contributed by atoms with Crippen LogP contribution < -0.4 is 11.2 Å². The van der Waals surface area contributed by atoms with Crippen LogP contribution in [0.25, 0.3) is 0 Å². The summed E-state index contributed by atoms with van der Waals surface area (Å²) in [4.78, 5) is 12.8. The van der Waals surface area contributed by atoms with Gasteiger partial charge in [0.05, 0.1) is 17.4 Å². The Kier molecular flexibility index (Phi) is 5.01. The minimum Gasteiger partial charge on any atom is -0.506 e. The highest BCUT2D eigenvalue weighted by molar-refractivity contribution is 8.13. The molecule has 136 valence electrons. The molecule has 0 saturated carbocycles. The topological polar surface area (TPSA) is 136 Å². The predicted octanol–water partition coefficient (Wildman–Crippen LogP) is 2.22. The molecule has 1 unspecified atom stereocenters. The van der Waals surface area contributed by atoms with Gasteiger partial charge in [0.2, 0.25) is 0 Å². The van der Waals surface area contributed by atoms with Crippen molar-refractivity contribution in [3.05, 3.63) is 47.8 Å². The van der Waals surface area contributed by atoms with Crippen LogP contribution in [0.3, 0.4) is 0 Å². The molecule has 8 nitrogen and oxygen atoms in total. The van der Waals surface area contributed by atoms with E-state index in [0.717, 1.165) is 30.0 Å². The maximum absolute atomic E-state index is 9.91. The fourth-order valence-electron chi connectivity index (χ4n) is 2.69. The van der Waals surface area contributed by atoms with Crippen LogP contribution in [0, 0.1) is 0 Å². The second-order valence-electron chi connectivity index (χ2n) is 6.01. The molecular weight excluding hydrogens is 354 g/mol. The number of aromatic nitrogens is 1. The van der Waals surface area contributed by atoms with Crippen molar-refractivity contribution in [2.24, 2.45) is 15.7 Å². The van der Waals surface area contributed by atoms with Crippen molar-refractivity contribution < 1.29 is 15.4 Å². The largest absolute Gasteiger partial charge is 0.506 e. The zero-order valence-corrected chi connectivity index (χ0v) is 14.9. The summed E-state index contributed by atoms with van der Waals surface area (Å²) in [7, 11) is 0. The number of hydrogen-bond donors (Lipinski definition) is 5. The summed E-state index contributed by atoms with van der Waals surface area (Å²) in [6, 6.07) is 8.51. The van der Waals surface area contributed by atoms with E-state index in [0.29, 0.717) is 10.9 Å². The van der Waals surface area contributed by atoms with Crippen molar-refractivity contribution in [2.45, 2.75) is 18.9 Å². The summed E-state index contributed by atoms with van der Waals surface area (Å²) in [6.45, 7) is 2.01. The number of nitrogens with zero attached hydrogens (tertiary/aromatic N) is 3. The van der Waals surface area contributed by atoms with Gasteiger partial charge in [-0.1, -0.05) is 23.9 Å². The van der Waals surface area contributed by atoms with E-state index in [9.17, 15) is 15.4 Å². The number of amidine groups is 2. The van der Waals surface area contributed by atoms with E-state index >= 15 is 0 Å². The molecule has 26 heavy (non-hydrogen) atoms. The fraction of sp³-hybridized carbons (Fsp3) is 0.235. The van der Waals surface area contributed by atoms with E-state index in [1.165, 1.54) is 11.8 Å². The quantitative estimate of drug-likeness (QED) is 0.316. The van der Waals surface area contributed by atoms with Gasteiger partial charge < -0.3 is 15.9 Å². The van der Waals surface area contributed by atoms with E-state index in [1.807, 2.05) is 30.6 Å². The average molecular weight is 373 g/mol. The summed E-state index contributed by atoms with van der Waals surface area (Å²) in [5.41, 5.74) is 8.88. The Labute approximate surface area is 154 Å². The lowest BCUT2D eigenvalue weighted by molar-refractivity contribution is 0.234. The molecule has 1 atom stereocenters. The number of nitrogens with two attached hydrogens (primary N) is 1. The smallest absolute Gasteiger partial charge is 0.180 e. The highest BCUT2D eigenvalue weighted by Gasteiger charge is 2.29. The van der Waals surface area contributed by atoms with Gasteiger partial charge in [0.1, 0.15) is 17.2 Å². The van der Waals surface area contributed by atoms with Crippen LogP contribution in [0.5, 0.6) is 11.5 Å². The Hall–Kier alpha value is -2.78. The molecule has 0 aliphatic carbocycles. The highest BCUT2D eigenvalue weighted by atomic mass is 32.2. The Balaban J connectivity index is 1.99. The standard InChI is InChI=1S/C17H19N5O3S/c1-17(5-6-26-16(18)21-17)10-3-2-4-11(7-10)20-15(22-25)14-13(24)8-12(23)9-19-14/h2-4,7-9,23-25H,5-6H2,1H3,(H2,18,21)(H,20,22). The van der Waals surface area contributed by atoms with Crippen molar-refractivity contribution in [3.8, 4) is 11.5 Å². The van der Waals surface area contributed by atoms with Crippen LogP contribution >= 0.6 is 11.8 Å². The fourth-order valence-corrected chi connectivity index (χ4v) is 3.66. The number of rotatable bonds is 3. The third-order valence-electron chi connectivity index (χ3n) is 4.09. The normalized spacial score (nSPS) is 20.5.